The first-order valence-electron chi connectivity index (χ1n) is 7.60. The number of carboxylic acids is 1. The molecule has 0 spiro atoms. The fourth-order valence-corrected chi connectivity index (χ4v) is 2.34. The van der Waals surface area contributed by atoms with Gasteiger partial charge in [-0.15, -0.1) is 0 Å². The van der Waals surface area contributed by atoms with E-state index in [4.69, 9.17) is 14.6 Å². The van der Waals surface area contributed by atoms with Gasteiger partial charge in [0.05, 0.1) is 24.5 Å². The summed E-state index contributed by atoms with van der Waals surface area (Å²) in [4.78, 5) is 19.5. The molecule has 3 aromatic rings. The smallest absolute Gasteiger partial charge is 0.338 e. The molecular formula is C17H17N3O4. The lowest BCUT2D eigenvalue weighted by Gasteiger charge is -2.11. The number of aromatic nitrogens is 3. The second-order valence-electron chi connectivity index (χ2n) is 5.01. The average Bonchev–Trinajstić information content (AvgIpc) is 3.00. The number of benzene rings is 1. The van der Waals surface area contributed by atoms with Gasteiger partial charge in [-0.25, -0.2) is 14.8 Å². The van der Waals surface area contributed by atoms with Gasteiger partial charge in [0, 0.05) is 24.2 Å². The van der Waals surface area contributed by atoms with Gasteiger partial charge < -0.3 is 14.6 Å². The number of fused-ring (bicyclic) bond motifs is 1. The number of hydrogen-bond acceptors (Lipinski definition) is 5. The molecule has 3 rings (SSSR count). The van der Waals surface area contributed by atoms with E-state index in [2.05, 4.69) is 9.97 Å². The average molecular weight is 327 g/mol. The second kappa shape index (κ2) is 6.57. The van der Waals surface area contributed by atoms with Crippen molar-refractivity contribution in [2.24, 2.45) is 0 Å². The molecule has 1 aromatic carbocycles. The topological polar surface area (TPSA) is 86.0 Å². The molecule has 0 bridgehead atoms. The summed E-state index contributed by atoms with van der Waals surface area (Å²) in [5.74, 6) is 0.729. The number of ether oxygens (including phenoxy) is 2. The van der Waals surface area contributed by atoms with Crippen LogP contribution in [0.4, 0.5) is 0 Å². The summed E-state index contributed by atoms with van der Waals surface area (Å²) >= 11 is 0. The molecule has 7 heteroatoms. The maximum atomic E-state index is 11.0. The maximum Gasteiger partial charge on any atom is 0.338 e. The minimum absolute atomic E-state index is 0.105. The van der Waals surface area contributed by atoms with Crippen molar-refractivity contribution in [1.29, 1.82) is 0 Å². The molecule has 0 aliphatic heterocycles. The SMILES string of the molecule is CCOc1ccc(-c2cn3cc(C(=O)O)cnc3n2)cc1OCC. The monoisotopic (exact) mass is 327 g/mol. The van der Waals surface area contributed by atoms with Crippen molar-refractivity contribution in [3.05, 3.63) is 42.4 Å². The zero-order valence-corrected chi connectivity index (χ0v) is 13.4. The van der Waals surface area contributed by atoms with Crippen LogP contribution in [0.1, 0.15) is 24.2 Å². The molecule has 0 radical (unpaired) electrons. The highest BCUT2D eigenvalue weighted by atomic mass is 16.5. The minimum Gasteiger partial charge on any atom is -0.490 e. The maximum absolute atomic E-state index is 11.0. The van der Waals surface area contributed by atoms with E-state index in [-0.39, 0.29) is 5.56 Å². The first-order valence-corrected chi connectivity index (χ1v) is 7.60. The summed E-state index contributed by atoms with van der Waals surface area (Å²) in [7, 11) is 0. The van der Waals surface area contributed by atoms with Gasteiger partial charge in [-0.05, 0) is 32.0 Å². The molecule has 0 atom stereocenters. The normalized spacial score (nSPS) is 10.8. The van der Waals surface area contributed by atoms with E-state index in [1.54, 1.807) is 10.6 Å². The summed E-state index contributed by atoms with van der Waals surface area (Å²) in [5, 5.41) is 9.04. The lowest BCUT2D eigenvalue weighted by Crippen LogP contribution is -1.99. The number of carbonyl (C=O) groups is 1. The van der Waals surface area contributed by atoms with Crippen molar-refractivity contribution in [1.82, 2.24) is 14.4 Å². The van der Waals surface area contributed by atoms with Gasteiger partial charge in [-0.2, -0.15) is 0 Å². The molecule has 7 nitrogen and oxygen atoms in total. The molecule has 0 unspecified atom stereocenters. The summed E-state index contributed by atoms with van der Waals surface area (Å²) in [5.41, 5.74) is 1.62. The van der Waals surface area contributed by atoms with Crippen LogP contribution >= 0.6 is 0 Å². The lowest BCUT2D eigenvalue weighted by molar-refractivity contribution is 0.0696. The van der Waals surface area contributed by atoms with Crippen LogP contribution in [0.5, 0.6) is 11.5 Å². The first kappa shape index (κ1) is 15.8. The van der Waals surface area contributed by atoms with E-state index in [0.29, 0.717) is 36.2 Å². The molecule has 0 saturated heterocycles. The highest BCUT2D eigenvalue weighted by Crippen LogP contribution is 2.32. The molecule has 24 heavy (non-hydrogen) atoms. The molecule has 2 heterocycles. The Bertz CT molecular complexity index is 889. The van der Waals surface area contributed by atoms with E-state index in [0.717, 1.165) is 5.56 Å². The molecule has 0 amide bonds. The molecule has 1 N–H and O–H groups in total. The van der Waals surface area contributed by atoms with Crippen LogP contribution in [0, 0.1) is 0 Å². The number of aromatic carboxylic acids is 1. The van der Waals surface area contributed by atoms with Crippen molar-refractivity contribution in [2.75, 3.05) is 13.2 Å². The molecule has 124 valence electrons. The van der Waals surface area contributed by atoms with Crippen molar-refractivity contribution >= 4 is 11.7 Å². The Morgan fingerprint density at radius 1 is 1.17 bits per heavy atom. The molecule has 0 aliphatic rings. The first-order chi connectivity index (χ1) is 11.6. The summed E-state index contributed by atoms with van der Waals surface area (Å²) in [6, 6.07) is 5.58. The van der Waals surface area contributed by atoms with Crippen LogP contribution < -0.4 is 9.47 Å². The van der Waals surface area contributed by atoms with Crippen LogP contribution in [-0.2, 0) is 0 Å². The van der Waals surface area contributed by atoms with Gasteiger partial charge in [0.1, 0.15) is 0 Å². The van der Waals surface area contributed by atoms with E-state index < -0.39 is 5.97 Å². The second-order valence-corrected chi connectivity index (χ2v) is 5.01. The zero-order chi connectivity index (χ0) is 17.1. The predicted octanol–water partition coefficient (Wildman–Crippen LogP) is 2.89. The number of carboxylic acid groups (broad SMARTS) is 1. The van der Waals surface area contributed by atoms with Gasteiger partial charge in [0.25, 0.3) is 0 Å². The third-order valence-corrected chi connectivity index (χ3v) is 3.40. The fourth-order valence-electron chi connectivity index (χ4n) is 2.34. The molecule has 0 saturated carbocycles. The number of hydrogen-bond donors (Lipinski definition) is 1. The summed E-state index contributed by atoms with van der Waals surface area (Å²) in [6.07, 6.45) is 4.51. The van der Waals surface area contributed by atoms with Gasteiger partial charge >= 0.3 is 5.97 Å². The van der Waals surface area contributed by atoms with Crippen LogP contribution in [-0.4, -0.2) is 38.7 Å². The summed E-state index contributed by atoms with van der Waals surface area (Å²) < 4.78 is 12.8. The molecule has 0 aliphatic carbocycles. The number of nitrogens with zero attached hydrogens (tertiary/aromatic N) is 3. The van der Waals surface area contributed by atoms with Crippen LogP contribution in [0.3, 0.4) is 0 Å². The van der Waals surface area contributed by atoms with E-state index in [9.17, 15) is 4.79 Å². The highest BCUT2D eigenvalue weighted by Gasteiger charge is 2.12. The molecule has 0 fully saturated rings. The Hall–Kier alpha value is -3.09. The van der Waals surface area contributed by atoms with Gasteiger partial charge in [0.2, 0.25) is 5.78 Å². The Kier molecular flexibility index (Phi) is 4.33. The Morgan fingerprint density at radius 3 is 2.62 bits per heavy atom. The largest absolute Gasteiger partial charge is 0.490 e. The Balaban J connectivity index is 2.03. The minimum atomic E-state index is -1.03. The third-order valence-electron chi connectivity index (χ3n) is 3.40. The van der Waals surface area contributed by atoms with Crippen molar-refractivity contribution in [3.8, 4) is 22.8 Å². The lowest BCUT2D eigenvalue weighted by atomic mass is 10.1. The van der Waals surface area contributed by atoms with Gasteiger partial charge in [0.15, 0.2) is 11.5 Å². The van der Waals surface area contributed by atoms with Crippen molar-refractivity contribution in [3.63, 3.8) is 0 Å². The zero-order valence-electron chi connectivity index (χ0n) is 13.4. The fraction of sp³-hybridized carbons (Fsp3) is 0.235. The van der Waals surface area contributed by atoms with Crippen LogP contribution in [0.25, 0.3) is 17.0 Å². The van der Waals surface area contributed by atoms with Crippen LogP contribution in [0.2, 0.25) is 0 Å². The highest BCUT2D eigenvalue weighted by molar-refractivity contribution is 5.87. The summed E-state index contributed by atoms with van der Waals surface area (Å²) in [6.45, 7) is 4.90. The number of imidazole rings is 1. The van der Waals surface area contributed by atoms with Crippen LogP contribution in [0.15, 0.2) is 36.8 Å². The molecular weight excluding hydrogens is 310 g/mol. The van der Waals surface area contributed by atoms with Crippen molar-refractivity contribution in [2.45, 2.75) is 13.8 Å². The van der Waals surface area contributed by atoms with E-state index in [1.807, 2.05) is 32.0 Å². The standard InChI is InChI=1S/C17H17N3O4/c1-3-23-14-6-5-11(7-15(14)24-4-2)13-10-20-9-12(16(21)22)8-18-17(20)19-13/h5-10H,3-4H2,1-2H3,(H,21,22). The molecule has 2 aromatic heterocycles. The van der Waals surface area contributed by atoms with Gasteiger partial charge in [-0.1, -0.05) is 0 Å². The van der Waals surface area contributed by atoms with E-state index >= 15 is 0 Å². The van der Waals surface area contributed by atoms with E-state index in [1.165, 1.54) is 12.4 Å². The Labute approximate surface area is 138 Å². The third kappa shape index (κ3) is 3.01. The Morgan fingerprint density at radius 2 is 1.92 bits per heavy atom. The number of rotatable bonds is 6. The van der Waals surface area contributed by atoms with Crippen molar-refractivity contribution < 1.29 is 19.4 Å². The predicted molar refractivity (Wildman–Crippen MR) is 87.7 cm³/mol. The quantitative estimate of drug-likeness (QED) is 0.749. The van der Waals surface area contributed by atoms with Gasteiger partial charge in [-0.3, -0.25) is 4.40 Å².